The van der Waals surface area contributed by atoms with Gasteiger partial charge in [-0.15, -0.1) is 0 Å². The van der Waals surface area contributed by atoms with Gasteiger partial charge in [0.15, 0.2) is 0 Å². The van der Waals surface area contributed by atoms with Gasteiger partial charge in [-0.3, -0.25) is 0 Å². The van der Waals surface area contributed by atoms with Crippen LogP contribution in [0.3, 0.4) is 0 Å². The first-order valence-corrected chi connectivity index (χ1v) is 14.7. The first kappa shape index (κ1) is 7.14. The normalized spacial score (nSPS) is 108. The maximum absolute atomic E-state index is 2.86. The molecule has 10 aliphatic rings. The van der Waals surface area contributed by atoms with Crippen LogP contribution in [0.1, 0.15) is 18.1 Å². The molecule has 10 fully saturated rings. The second-order valence-corrected chi connectivity index (χ2v) is 35.3. The van der Waals surface area contributed by atoms with Crippen molar-refractivity contribution >= 4 is 0 Å². The van der Waals surface area contributed by atoms with Gasteiger partial charge in [-0.05, 0) is 0 Å². The fourth-order valence-corrected chi connectivity index (χ4v) is 92.3. The van der Waals surface area contributed by atoms with Gasteiger partial charge in [0.05, 0.1) is 0 Å². The zero-order valence-electron chi connectivity index (χ0n) is 11.1. The average molecular weight is 290 g/mol. The second kappa shape index (κ2) is 0.631. The van der Waals surface area contributed by atoms with Crippen LogP contribution in [-0.4, -0.2) is 0 Å². The Morgan fingerprint density at radius 3 is 2.00 bits per heavy atom. The van der Waals surface area contributed by atoms with Crippen molar-refractivity contribution in [1.82, 2.24) is 0 Å². The Hall–Kier alpha value is -0.261. The third kappa shape index (κ3) is 0.0825. The van der Waals surface area contributed by atoms with Crippen molar-refractivity contribution in [3.05, 3.63) is 35.4 Å². The van der Waals surface area contributed by atoms with Crippen LogP contribution in [0.25, 0.3) is 0 Å². The molecule has 1 heteroatoms. The summed E-state index contributed by atoms with van der Waals surface area (Å²) >= 11 is 0. The molecule has 4 atom stereocenters. The van der Waals surface area contributed by atoms with Crippen molar-refractivity contribution in [2.45, 2.75) is 61.0 Å². The zero-order chi connectivity index (χ0) is 11.7. The second-order valence-electron chi connectivity index (χ2n) is 11.7. The Kier molecular flexibility index (Phi) is 0.237. The minimum atomic E-state index is -2.86. The van der Waals surface area contributed by atoms with E-state index in [0.717, 1.165) is 4.31 Å². The molecule has 0 bridgehead atoms. The molecule has 1 aromatic carbocycles. The Morgan fingerprint density at radius 2 is 1.58 bits per heavy atom. The van der Waals surface area contributed by atoms with Gasteiger partial charge in [0.2, 0.25) is 0 Å². The topological polar surface area (TPSA) is 0 Å². The van der Waals surface area contributed by atoms with Gasteiger partial charge in [-0.1, -0.05) is 0 Å². The molecule has 1 spiro atoms. The number of benzene rings is 1. The summed E-state index contributed by atoms with van der Waals surface area (Å²) in [6, 6.07) is 10.0. The van der Waals surface area contributed by atoms with E-state index in [1.54, 1.807) is 5.56 Å². The molecule has 11 rings (SSSR count). The molecule has 10 heterocycles. The van der Waals surface area contributed by atoms with Gasteiger partial charge in [-0.2, -0.15) is 0 Å². The molecule has 1 aromatic rings. The van der Waals surface area contributed by atoms with Gasteiger partial charge in [-0.25, -0.2) is 0 Å². The van der Waals surface area contributed by atoms with Gasteiger partial charge in [0, 0.05) is 0 Å². The molecule has 0 N–H and O–H groups in total. The summed E-state index contributed by atoms with van der Waals surface area (Å²) in [6.07, 6.45) is 1.24. The Morgan fingerprint density at radius 1 is 0.947 bits per heavy atom. The summed E-state index contributed by atoms with van der Waals surface area (Å²) in [7, 11) is 0. The van der Waals surface area contributed by atoms with Gasteiger partial charge in [0.1, 0.15) is 0 Å². The summed E-state index contributed by atoms with van der Waals surface area (Å²) in [5.41, 5.74) is 3.53. The number of rotatable bonds is 2. The number of hydrogen-bond donors (Lipinski definition) is 0. The summed E-state index contributed by atoms with van der Waals surface area (Å²) in [4.78, 5) is 13.1. The van der Waals surface area contributed by atoms with Gasteiger partial charge < -0.3 is 0 Å². The van der Waals surface area contributed by atoms with Crippen LogP contribution in [0, 0.1) is 0 Å². The van der Waals surface area contributed by atoms with E-state index >= 15 is 0 Å². The third-order valence-corrected chi connectivity index (χ3v) is 58.8. The van der Waals surface area contributed by atoms with E-state index in [2.05, 4.69) is 31.2 Å². The summed E-state index contributed by atoms with van der Waals surface area (Å²) in [5, 5.41) is 0. The Balaban J connectivity index is 1.49. The maximum atomic E-state index is 2.68. The molecule has 0 radical (unpaired) electrons. The third-order valence-electron chi connectivity index (χ3n) is 16.5. The molecule has 0 nitrogen and oxygen atoms in total. The monoisotopic (exact) mass is 290 g/mol. The molecule has 0 aliphatic carbocycles. The van der Waals surface area contributed by atoms with E-state index in [9.17, 15) is 0 Å². The van der Waals surface area contributed by atoms with Crippen LogP contribution in [0.5, 0.6) is 0 Å². The van der Waals surface area contributed by atoms with Gasteiger partial charge >= 0.3 is 103 Å². The van der Waals surface area contributed by atoms with Crippen LogP contribution in [0.4, 0.5) is 0 Å². The van der Waals surface area contributed by atoms with E-state index in [1.807, 2.05) is 5.56 Å². The first-order chi connectivity index (χ1) is 9.08. The van der Waals surface area contributed by atoms with E-state index < -0.39 is 6.51 Å². The van der Waals surface area contributed by atoms with E-state index in [1.165, 1.54) is 49.8 Å². The minimum absolute atomic E-state index is 0.976. The van der Waals surface area contributed by atoms with E-state index in [4.69, 9.17) is 0 Å². The molecular weight excluding hydrogens is 272 g/mol. The molecule has 19 heavy (non-hydrogen) atoms. The van der Waals surface area contributed by atoms with Crippen molar-refractivity contribution in [2.24, 2.45) is 0 Å². The van der Waals surface area contributed by atoms with Crippen LogP contribution in [0.2, 0.25) is 43.3 Å². The van der Waals surface area contributed by atoms with Crippen molar-refractivity contribution in [3.63, 3.8) is 0 Å². The summed E-state index contributed by atoms with van der Waals surface area (Å²) in [6.45, 7) is -0.534. The molecule has 0 aromatic heterocycles. The standard InChI is InChI=1S/C13H13.C5H5.Fe/c1-2-11-6-5-9-13(10-11)12-7-3-4-8-12;1-2-4-5-3-1;/h3-10H,2H2,1H3;1-5H;. The Bertz CT molecular complexity index is 1090. The van der Waals surface area contributed by atoms with Crippen LogP contribution in [-0.2, 0) is 17.2 Å². The number of aryl methyl sites for hydroxylation is 1. The summed E-state index contributed by atoms with van der Waals surface area (Å²) < 4.78 is 0.976. The molecule has 4 unspecified atom stereocenters. The van der Waals surface area contributed by atoms with Crippen LogP contribution in [0.15, 0.2) is 24.3 Å². The van der Waals surface area contributed by atoms with Crippen LogP contribution < -0.4 is 0 Å². The van der Waals surface area contributed by atoms with E-state index in [0.29, 0.717) is 0 Å². The Labute approximate surface area is 103 Å². The molecule has 98 valence electrons. The molecule has 10 saturated heterocycles. The zero-order valence-corrected chi connectivity index (χ0v) is 12.2. The van der Waals surface area contributed by atoms with Crippen LogP contribution >= 0.6 is 0 Å². The predicted octanol–water partition coefficient (Wildman–Crippen LogP) is 5.04. The predicted molar refractivity (Wildman–Crippen MR) is 71.2 cm³/mol. The van der Waals surface area contributed by atoms with Crippen molar-refractivity contribution in [3.8, 4) is 0 Å². The van der Waals surface area contributed by atoms with Crippen molar-refractivity contribution in [1.29, 1.82) is 0 Å². The SMILES string of the molecule is CCc1cccc([C]23[CH]4[CH]5[CH]6[CH]2[Fe]56432789[CH]3[CH]2[CH]7[CH]8[CH]39)c1. The van der Waals surface area contributed by atoms with Crippen molar-refractivity contribution < 1.29 is 6.51 Å². The molecular formula is C18H18Fe. The number of fused-ring (bicyclic) bond motifs is 10. The fraction of sp³-hybridized carbons (Fsp3) is 0.667. The average Bonchev–Trinajstić information content (AvgIpc) is 3.39. The summed E-state index contributed by atoms with van der Waals surface area (Å²) in [5.74, 6) is 0. The fourth-order valence-electron chi connectivity index (χ4n) is 18.0. The first-order valence-electron chi connectivity index (χ1n) is 8.39. The molecule has 0 saturated carbocycles. The molecule has 10 aliphatic heterocycles. The van der Waals surface area contributed by atoms with Gasteiger partial charge in [0.25, 0.3) is 0 Å². The number of hydrogen-bond acceptors (Lipinski definition) is 0. The van der Waals surface area contributed by atoms with Crippen molar-refractivity contribution in [2.75, 3.05) is 0 Å². The quantitative estimate of drug-likeness (QED) is 0.669. The van der Waals surface area contributed by atoms with E-state index in [-0.39, 0.29) is 0 Å². The molecule has 0 amide bonds.